The molecule has 0 radical (unpaired) electrons. The number of nitrogens with zero attached hydrogens (tertiary/aromatic N) is 2. The van der Waals surface area contributed by atoms with E-state index < -0.39 is 18.4 Å². The van der Waals surface area contributed by atoms with Crippen LogP contribution in [-0.4, -0.2) is 61.1 Å². The van der Waals surface area contributed by atoms with Crippen LogP contribution in [0, 0.1) is 5.92 Å². The molecular weight excluding hydrogens is 407 g/mol. The zero-order valence-electron chi connectivity index (χ0n) is 17.9. The number of hydrogen-bond acceptors (Lipinski definition) is 7. The Labute approximate surface area is 182 Å². The number of ether oxygens (including phenoxy) is 2. The van der Waals surface area contributed by atoms with E-state index in [4.69, 9.17) is 17.0 Å². The van der Waals surface area contributed by atoms with E-state index in [1.807, 2.05) is 33.0 Å². The third-order valence-electron chi connectivity index (χ3n) is 5.99. The van der Waals surface area contributed by atoms with Crippen LogP contribution < -0.4 is 20.3 Å². The van der Waals surface area contributed by atoms with Crippen molar-refractivity contribution in [3.05, 3.63) is 17.8 Å². The van der Waals surface area contributed by atoms with Crippen molar-refractivity contribution < 1.29 is 18.7 Å². The molecule has 7 nitrogen and oxygen atoms in total. The van der Waals surface area contributed by atoms with Gasteiger partial charge >= 0.3 is 5.97 Å². The van der Waals surface area contributed by atoms with Crippen LogP contribution in [-0.2, 0) is 9.53 Å². The summed E-state index contributed by atoms with van der Waals surface area (Å²) in [5.41, 5.74) is 0.378. The quantitative estimate of drug-likeness (QED) is 0.403. The molecule has 1 aromatic heterocycles. The minimum Gasteiger partial charge on any atom is -0.476 e. The Hall–Kier alpha value is -2.00. The molecule has 0 aromatic carbocycles. The smallest absolute Gasteiger partial charge is 0.334 e. The number of halogens is 1. The molecule has 2 aliphatic rings. The first-order valence-electron chi connectivity index (χ1n) is 10.6. The third-order valence-corrected chi connectivity index (χ3v) is 6.30. The van der Waals surface area contributed by atoms with Gasteiger partial charge in [-0.15, -0.1) is 0 Å². The van der Waals surface area contributed by atoms with E-state index >= 15 is 0 Å². The fourth-order valence-corrected chi connectivity index (χ4v) is 3.79. The predicted molar refractivity (Wildman–Crippen MR) is 118 cm³/mol. The summed E-state index contributed by atoms with van der Waals surface area (Å²) in [4.78, 5) is 19.6. The summed E-state index contributed by atoms with van der Waals surface area (Å²) >= 11 is 5.55. The van der Waals surface area contributed by atoms with Crippen LogP contribution in [0.4, 0.5) is 10.1 Å². The van der Waals surface area contributed by atoms with Crippen molar-refractivity contribution in [2.45, 2.75) is 51.1 Å². The van der Waals surface area contributed by atoms with E-state index in [0.717, 1.165) is 18.8 Å². The number of hydrogen-bond donors (Lipinski definition) is 2. The van der Waals surface area contributed by atoms with Crippen molar-refractivity contribution in [1.29, 1.82) is 0 Å². The maximum atomic E-state index is 12.6. The molecule has 0 spiro atoms. The number of aromatic nitrogens is 1. The van der Waals surface area contributed by atoms with Gasteiger partial charge in [0.2, 0.25) is 12.7 Å². The number of esters is 1. The van der Waals surface area contributed by atoms with Crippen LogP contribution in [0.25, 0.3) is 0 Å². The van der Waals surface area contributed by atoms with E-state index in [1.165, 1.54) is 12.8 Å². The van der Waals surface area contributed by atoms with Gasteiger partial charge in [0, 0.05) is 19.1 Å². The Morgan fingerprint density at radius 3 is 2.60 bits per heavy atom. The topological polar surface area (TPSA) is 75.7 Å². The first-order chi connectivity index (χ1) is 14.5. The standard InChI is InChI=1S/C21H31FN4O3S/c1-4-21(5-2,20(27)29-13-22)25-19(30)16-8-9-17(26-10-15(11-26)23-3)18(24-16)28-12-14-6-7-14/h8-9,14-15,23H,4-7,10-13H2,1-3H3,(H,25,30). The van der Waals surface area contributed by atoms with Gasteiger partial charge in [-0.2, -0.15) is 0 Å². The lowest BCUT2D eigenvalue weighted by Crippen LogP contribution is -2.57. The van der Waals surface area contributed by atoms with Crippen molar-refractivity contribution in [3.8, 4) is 5.88 Å². The molecule has 9 heteroatoms. The van der Waals surface area contributed by atoms with E-state index in [0.29, 0.717) is 48.0 Å². The molecule has 0 atom stereocenters. The number of carbonyl (C=O) groups excluding carboxylic acids is 1. The Bertz CT molecular complexity index is 765. The summed E-state index contributed by atoms with van der Waals surface area (Å²) in [6.07, 6.45) is 3.19. The summed E-state index contributed by atoms with van der Waals surface area (Å²) < 4.78 is 23.3. The first-order valence-corrected chi connectivity index (χ1v) is 11.0. The number of carbonyl (C=O) groups is 1. The highest BCUT2D eigenvalue weighted by Crippen LogP contribution is 2.34. The molecule has 1 aliphatic carbocycles. The molecule has 1 aromatic rings. The maximum Gasteiger partial charge on any atom is 0.334 e. The molecule has 1 aliphatic heterocycles. The fourth-order valence-electron chi connectivity index (χ4n) is 3.48. The van der Waals surface area contributed by atoms with Crippen LogP contribution >= 0.6 is 12.2 Å². The number of thiocarbonyl (C=S) groups is 1. The average molecular weight is 439 g/mol. The van der Waals surface area contributed by atoms with Crippen LogP contribution in [0.1, 0.15) is 45.2 Å². The second-order valence-corrected chi connectivity index (χ2v) is 8.36. The Balaban J connectivity index is 1.79. The minimum absolute atomic E-state index is 0.314. The van der Waals surface area contributed by atoms with Crippen molar-refractivity contribution >= 4 is 28.9 Å². The van der Waals surface area contributed by atoms with E-state index in [1.54, 1.807) is 0 Å². The SMILES string of the molecule is CCC(CC)(NC(=S)c1ccc(N2CC(NC)C2)c(OCC2CC2)n1)C(=O)OCF. The Kier molecular flexibility index (Phi) is 7.46. The van der Waals surface area contributed by atoms with Crippen molar-refractivity contribution in [1.82, 2.24) is 15.6 Å². The number of likely N-dealkylation sites (N-methyl/N-ethyl adjacent to an activating group) is 1. The summed E-state index contributed by atoms with van der Waals surface area (Å²) in [5.74, 6) is 0.499. The van der Waals surface area contributed by atoms with Gasteiger partial charge < -0.3 is 25.0 Å². The van der Waals surface area contributed by atoms with E-state index in [-0.39, 0.29) is 0 Å². The lowest BCUT2D eigenvalue weighted by molar-refractivity contribution is -0.155. The minimum atomic E-state index is -1.16. The van der Waals surface area contributed by atoms with Crippen LogP contribution in [0.5, 0.6) is 5.88 Å². The third kappa shape index (κ3) is 5.00. The molecule has 1 saturated carbocycles. The molecule has 3 rings (SSSR count). The maximum absolute atomic E-state index is 12.6. The van der Waals surface area contributed by atoms with Crippen molar-refractivity contribution in [2.75, 3.05) is 38.5 Å². The van der Waals surface area contributed by atoms with Crippen LogP contribution in [0.3, 0.4) is 0 Å². The Morgan fingerprint density at radius 1 is 1.33 bits per heavy atom. The normalized spacial score (nSPS) is 16.7. The number of nitrogens with one attached hydrogen (secondary N) is 2. The number of anilines is 1. The van der Waals surface area contributed by atoms with Crippen molar-refractivity contribution in [3.63, 3.8) is 0 Å². The predicted octanol–water partition coefficient (Wildman–Crippen LogP) is 2.57. The average Bonchev–Trinajstić information content (AvgIpc) is 3.55. The first kappa shape index (κ1) is 22.7. The molecule has 2 heterocycles. The second kappa shape index (κ2) is 9.87. The fraction of sp³-hybridized carbons (Fsp3) is 0.667. The van der Waals surface area contributed by atoms with Gasteiger partial charge in [-0.3, -0.25) is 0 Å². The van der Waals surface area contributed by atoms with Crippen LogP contribution in [0.2, 0.25) is 0 Å². The van der Waals surface area contributed by atoms with Gasteiger partial charge in [0.1, 0.15) is 21.9 Å². The molecular formula is C21H31FN4O3S. The largest absolute Gasteiger partial charge is 0.476 e. The Morgan fingerprint density at radius 2 is 2.03 bits per heavy atom. The number of pyridine rings is 1. The summed E-state index contributed by atoms with van der Waals surface area (Å²) in [6.45, 7) is 4.94. The molecule has 2 N–H and O–H groups in total. The molecule has 0 bridgehead atoms. The number of rotatable bonds is 11. The molecule has 2 fully saturated rings. The molecule has 30 heavy (non-hydrogen) atoms. The van der Waals surface area contributed by atoms with Gasteiger partial charge in [-0.1, -0.05) is 26.1 Å². The summed E-state index contributed by atoms with van der Waals surface area (Å²) in [7, 11) is 1.96. The van der Waals surface area contributed by atoms with Gasteiger partial charge in [-0.05, 0) is 50.8 Å². The van der Waals surface area contributed by atoms with Crippen LogP contribution in [0.15, 0.2) is 12.1 Å². The van der Waals surface area contributed by atoms with Gasteiger partial charge in [0.05, 0.1) is 6.61 Å². The lowest BCUT2D eigenvalue weighted by atomic mass is 9.92. The van der Waals surface area contributed by atoms with Crippen molar-refractivity contribution in [2.24, 2.45) is 5.92 Å². The summed E-state index contributed by atoms with van der Waals surface area (Å²) in [6, 6.07) is 4.25. The zero-order valence-corrected chi connectivity index (χ0v) is 18.7. The van der Waals surface area contributed by atoms with E-state index in [2.05, 4.69) is 25.3 Å². The lowest BCUT2D eigenvalue weighted by Gasteiger charge is -2.41. The molecule has 1 saturated heterocycles. The highest BCUT2D eigenvalue weighted by Gasteiger charge is 2.38. The zero-order chi connectivity index (χ0) is 21.7. The highest BCUT2D eigenvalue weighted by molar-refractivity contribution is 7.80. The summed E-state index contributed by atoms with van der Waals surface area (Å²) in [5, 5.41) is 6.34. The number of alkyl halides is 1. The molecule has 0 amide bonds. The van der Waals surface area contributed by atoms with E-state index in [9.17, 15) is 9.18 Å². The highest BCUT2D eigenvalue weighted by atomic mass is 32.1. The second-order valence-electron chi connectivity index (χ2n) is 7.95. The monoisotopic (exact) mass is 438 g/mol. The molecule has 0 unspecified atom stereocenters. The molecule has 166 valence electrons. The van der Waals surface area contributed by atoms with Gasteiger partial charge in [0.25, 0.3) is 0 Å². The van der Waals surface area contributed by atoms with Gasteiger partial charge in [-0.25, -0.2) is 14.2 Å². The van der Waals surface area contributed by atoms with Gasteiger partial charge in [0.15, 0.2) is 0 Å².